The first-order valence-corrected chi connectivity index (χ1v) is 9.60. The SMILES string of the molecule is Cc1ccc(C(=O)Nc2ccc(Nc3ccc(Oc4ccccc4)cc3)nc2)cc1. The van der Waals surface area contributed by atoms with E-state index in [1.807, 2.05) is 85.8 Å². The van der Waals surface area contributed by atoms with Gasteiger partial charge in [-0.25, -0.2) is 4.98 Å². The van der Waals surface area contributed by atoms with Crippen LogP contribution >= 0.6 is 0 Å². The first-order valence-electron chi connectivity index (χ1n) is 9.60. The van der Waals surface area contributed by atoms with Crippen LogP contribution in [0.1, 0.15) is 15.9 Å². The summed E-state index contributed by atoms with van der Waals surface area (Å²) in [7, 11) is 0. The zero-order valence-electron chi connectivity index (χ0n) is 16.5. The first-order chi connectivity index (χ1) is 14.7. The lowest BCUT2D eigenvalue weighted by molar-refractivity contribution is 0.102. The lowest BCUT2D eigenvalue weighted by Crippen LogP contribution is -2.12. The summed E-state index contributed by atoms with van der Waals surface area (Å²) in [6.07, 6.45) is 1.63. The molecule has 0 unspecified atom stereocenters. The molecule has 0 aliphatic heterocycles. The maximum Gasteiger partial charge on any atom is 0.255 e. The van der Waals surface area contributed by atoms with Gasteiger partial charge >= 0.3 is 0 Å². The molecule has 4 rings (SSSR count). The van der Waals surface area contributed by atoms with E-state index in [1.54, 1.807) is 18.3 Å². The van der Waals surface area contributed by atoms with Gasteiger partial charge in [-0.05, 0) is 67.6 Å². The zero-order chi connectivity index (χ0) is 20.8. The third kappa shape index (κ3) is 5.02. The lowest BCUT2D eigenvalue weighted by Gasteiger charge is -2.09. The predicted molar refractivity (Wildman–Crippen MR) is 120 cm³/mol. The Kier molecular flexibility index (Phi) is 5.71. The maximum atomic E-state index is 12.3. The van der Waals surface area contributed by atoms with E-state index in [2.05, 4.69) is 15.6 Å². The molecule has 5 nitrogen and oxygen atoms in total. The number of hydrogen-bond donors (Lipinski definition) is 2. The molecule has 3 aromatic carbocycles. The maximum absolute atomic E-state index is 12.3. The number of para-hydroxylation sites is 1. The van der Waals surface area contributed by atoms with Gasteiger partial charge in [0.05, 0.1) is 11.9 Å². The van der Waals surface area contributed by atoms with E-state index >= 15 is 0 Å². The van der Waals surface area contributed by atoms with Crippen molar-refractivity contribution in [2.24, 2.45) is 0 Å². The van der Waals surface area contributed by atoms with Crippen molar-refractivity contribution in [3.05, 3.63) is 108 Å². The Morgan fingerprint density at radius 1 is 0.767 bits per heavy atom. The van der Waals surface area contributed by atoms with Gasteiger partial charge in [0.1, 0.15) is 17.3 Å². The number of carbonyl (C=O) groups excluding carboxylic acids is 1. The van der Waals surface area contributed by atoms with Crippen molar-refractivity contribution in [1.82, 2.24) is 4.98 Å². The topological polar surface area (TPSA) is 63.2 Å². The molecule has 1 heterocycles. The van der Waals surface area contributed by atoms with E-state index in [1.165, 1.54) is 0 Å². The van der Waals surface area contributed by atoms with Crippen molar-refractivity contribution < 1.29 is 9.53 Å². The molecule has 4 aromatic rings. The van der Waals surface area contributed by atoms with Gasteiger partial charge in [-0.3, -0.25) is 4.79 Å². The average Bonchev–Trinajstić information content (AvgIpc) is 2.78. The van der Waals surface area contributed by atoms with E-state index in [-0.39, 0.29) is 5.91 Å². The highest BCUT2D eigenvalue weighted by molar-refractivity contribution is 6.04. The second-order valence-electron chi connectivity index (χ2n) is 6.82. The summed E-state index contributed by atoms with van der Waals surface area (Å²) in [6.45, 7) is 1.99. The average molecular weight is 395 g/mol. The van der Waals surface area contributed by atoms with Crippen LogP contribution in [-0.2, 0) is 0 Å². The van der Waals surface area contributed by atoms with Crippen LogP contribution in [0.3, 0.4) is 0 Å². The number of carbonyl (C=O) groups is 1. The quantitative estimate of drug-likeness (QED) is 0.409. The molecule has 0 spiro atoms. The number of hydrogen-bond acceptors (Lipinski definition) is 4. The molecular weight excluding hydrogens is 374 g/mol. The number of aromatic nitrogens is 1. The van der Waals surface area contributed by atoms with Crippen molar-refractivity contribution in [3.63, 3.8) is 0 Å². The highest BCUT2D eigenvalue weighted by Gasteiger charge is 2.06. The molecule has 1 amide bonds. The van der Waals surface area contributed by atoms with Gasteiger partial charge in [0.25, 0.3) is 5.91 Å². The second kappa shape index (κ2) is 8.92. The third-order valence-electron chi connectivity index (χ3n) is 4.44. The summed E-state index contributed by atoms with van der Waals surface area (Å²) in [6, 6.07) is 28.3. The molecular formula is C25H21N3O2. The van der Waals surface area contributed by atoms with Gasteiger partial charge in [0.15, 0.2) is 0 Å². The Labute approximate surface area is 175 Å². The number of rotatable bonds is 6. The molecule has 0 saturated carbocycles. The number of aryl methyl sites for hydroxylation is 1. The summed E-state index contributed by atoms with van der Waals surface area (Å²) in [4.78, 5) is 16.7. The number of anilines is 3. The Hall–Kier alpha value is -4.12. The number of pyridine rings is 1. The minimum Gasteiger partial charge on any atom is -0.457 e. The zero-order valence-corrected chi connectivity index (χ0v) is 16.5. The highest BCUT2D eigenvalue weighted by atomic mass is 16.5. The molecule has 0 saturated heterocycles. The van der Waals surface area contributed by atoms with E-state index in [9.17, 15) is 4.79 Å². The van der Waals surface area contributed by atoms with Gasteiger partial charge in [0.2, 0.25) is 0 Å². The van der Waals surface area contributed by atoms with Gasteiger partial charge in [0, 0.05) is 11.3 Å². The molecule has 0 bridgehead atoms. The fraction of sp³-hybridized carbons (Fsp3) is 0.0400. The van der Waals surface area contributed by atoms with Crippen LogP contribution in [0.15, 0.2) is 97.2 Å². The van der Waals surface area contributed by atoms with Crippen LogP contribution in [0.5, 0.6) is 11.5 Å². The summed E-state index contributed by atoms with van der Waals surface area (Å²) in [5.74, 6) is 2.07. The minimum absolute atomic E-state index is 0.161. The molecule has 30 heavy (non-hydrogen) atoms. The monoisotopic (exact) mass is 395 g/mol. The van der Waals surface area contributed by atoms with E-state index in [4.69, 9.17) is 4.74 Å². The largest absolute Gasteiger partial charge is 0.457 e. The second-order valence-corrected chi connectivity index (χ2v) is 6.82. The van der Waals surface area contributed by atoms with Crippen LogP contribution in [-0.4, -0.2) is 10.9 Å². The van der Waals surface area contributed by atoms with Gasteiger partial charge < -0.3 is 15.4 Å². The number of ether oxygens (including phenoxy) is 1. The summed E-state index contributed by atoms with van der Waals surface area (Å²) in [5.41, 5.74) is 3.25. The fourth-order valence-electron chi connectivity index (χ4n) is 2.83. The Morgan fingerprint density at radius 3 is 2.10 bits per heavy atom. The Morgan fingerprint density at radius 2 is 1.43 bits per heavy atom. The van der Waals surface area contributed by atoms with Crippen LogP contribution < -0.4 is 15.4 Å². The van der Waals surface area contributed by atoms with E-state index in [0.29, 0.717) is 17.1 Å². The fourth-order valence-corrected chi connectivity index (χ4v) is 2.83. The van der Waals surface area contributed by atoms with Crippen molar-refractivity contribution >= 4 is 23.1 Å². The number of amides is 1. The first kappa shape index (κ1) is 19.2. The minimum atomic E-state index is -0.161. The van der Waals surface area contributed by atoms with Gasteiger partial charge in [-0.2, -0.15) is 0 Å². The molecule has 148 valence electrons. The van der Waals surface area contributed by atoms with E-state index < -0.39 is 0 Å². The van der Waals surface area contributed by atoms with Crippen molar-refractivity contribution in [2.75, 3.05) is 10.6 Å². The normalized spacial score (nSPS) is 10.3. The number of nitrogens with zero attached hydrogens (tertiary/aromatic N) is 1. The van der Waals surface area contributed by atoms with Gasteiger partial charge in [-0.1, -0.05) is 35.9 Å². The molecule has 1 aromatic heterocycles. The molecule has 0 aliphatic carbocycles. The van der Waals surface area contributed by atoms with Crippen molar-refractivity contribution in [3.8, 4) is 11.5 Å². The van der Waals surface area contributed by atoms with Crippen LogP contribution in [0.2, 0.25) is 0 Å². The standard InChI is InChI=1S/C25H21N3O2/c1-18-7-9-19(10-8-18)25(29)28-21-13-16-24(26-17-21)27-20-11-14-23(15-12-20)30-22-5-3-2-4-6-22/h2-17H,1H3,(H,26,27)(H,28,29). The smallest absolute Gasteiger partial charge is 0.255 e. The summed E-state index contributed by atoms with van der Waals surface area (Å²) in [5, 5.41) is 6.09. The molecule has 0 radical (unpaired) electrons. The van der Waals surface area contributed by atoms with Crippen LogP contribution in [0.4, 0.5) is 17.2 Å². The predicted octanol–water partition coefficient (Wildman–Crippen LogP) is 6.18. The number of benzene rings is 3. The van der Waals surface area contributed by atoms with Crippen molar-refractivity contribution in [1.29, 1.82) is 0 Å². The third-order valence-corrected chi connectivity index (χ3v) is 4.44. The van der Waals surface area contributed by atoms with E-state index in [0.717, 1.165) is 22.7 Å². The van der Waals surface area contributed by atoms with Crippen LogP contribution in [0, 0.1) is 6.92 Å². The molecule has 0 aliphatic rings. The molecule has 0 atom stereocenters. The Bertz CT molecular complexity index is 1110. The highest BCUT2D eigenvalue weighted by Crippen LogP contribution is 2.24. The van der Waals surface area contributed by atoms with Gasteiger partial charge in [-0.15, -0.1) is 0 Å². The molecule has 5 heteroatoms. The summed E-state index contributed by atoms with van der Waals surface area (Å²) < 4.78 is 5.80. The number of nitrogens with one attached hydrogen (secondary N) is 2. The lowest BCUT2D eigenvalue weighted by atomic mass is 10.1. The van der Waals surface area contributed by atoms with Crippen molar-refractivity contribution in [2.45, 2.75) is 6.92 Å². The molecule has 0 fully saturated rings. The molecule has 2 N–H and O–H groups in total. The van der Waals surface area contributed by atoms with Crippen LogP contribution in [0.25, 0.3) is 0 Å². The summed E-state index contributed by atoms with van der Waals surface area (Å²) >= 11 is 0. The Balaban J connectivity index is 1.35.